The first-order valence-electron chi connectivity index (χ1n) is 10.1. The number of hydrogen-bond acceptors (Lipinski definition) is 5. The van der Waals surface area contributed by atoms with Crippen LogP contribution < -0.4 is 10.5 Å². The Labute approximate surface area is 176 Å². The lowest BCUT2D eigenvalue weighted by Gasteiger charge is -2.41. The summed E-state index contributed by atoms with van der Waals surface area (Å²) in [6.07, 6.45) is 1.97. The summed E-state index contributed by atoms with van der Waals surface area (Å²) in [5.74, 6) is 0.509. The number of nitrogens with zero attached hydrogens (tertiary/aromatic N) is 1. The van der Waals surface area contributed by atoms with Gasteiger partial charge >= 0.3 is 0 Å². The Balaban J connectivity index is 1.84. The van der Waals surface area contributed by atoms with Crippen LogP contribution in [0.15, 0.2) is 71.1 Å². The summed E-state index contributed by atoms with van der Waals surface area (Å²) >= 11 is 0. The van der Waals surface area contributed by atoms with Crippen LogP contribution in [0.25, 0.3) is 0 Å². The summed E-state index contributed by atoms with van der Waals surface area (Å²) in [7, 11) is 3.58. The molecule has 0 saturated carbocycles. The Morgan fingerprint density at radius 3 is 2.60 bits per heavy atom. The van der Waals surface area contributed by atoms with E-state index < -0.39 is 0 Å². The van der Waals surface area contributed by atoms with Gasteiger partial charge in [-0.05, 0) is 42.7 Å². The fourth-order valence-electron chi connectivity index (χ4n) is 4.78. The third kappa shape index (κ3) is 3.20. The van der Waals surface area contributed by atoms with Crippen LogP contribution in [0.2, 0.25) is 0 Å². The van der Waals surface area contributed by atoms with E-state index in [-0.39, 0.29) is 17.6 Å². The fourth-order valence-corrected chi connectivity index (χ4v) is 4.78. The number of allylic oxidation sites excluding steroid dienone is 4. The molecule has 2 atom stereocenters. The maximum absolute atomic E-state index is 13.5. The van der Waals surface area contributed by atoms with Crippen molar-refractivity contribution in [1.29, 1.82) is 0 Å². The predicted molar refractivity (Wildman–Crippen MR) is 117 cm³/mol. The van der Waals surface area contributed by atoms with Crippen LogP contribution in [-0.4, -0.2) is 31.1 Å². The average molecular weight is 402 g/mol. The van der Waals surface area contributed by atoms with Crippen molar-refractivity contribution in [2.45, 2.75) is 31.6 Å². The lowest BCUT2D eigenvalue weighted by atomic mass is 9.71. The molecule has 30 heavy (non-hydrogen) atoms. The molecule has 4 rings (SSSR count). The summed E-state index contributed by atoms with van der Waals surface area (Å²) in [4.78, 5) is 27.6. The topological polar surface area (TPSA) is 72.6 Å². The molecule has 5 nitrogen and oxygen atoms in total. The van der Waals surface area contributed by atoms with Gasteiger partial charge in [0.05, 0.1) is 7.11 Å². The van der Waals surface area contributed by atoms with E-state index in [4.69, 9.17) is 10.5 Å². The van der Waals surface area contributed by atoms with Crippen molar-refractivity contribution in [2.24, 2.45) is 0 Å². The third-order valence-electron chi connectivity index (χ3n) is 6.36. The van der Waals surface area contributed by atoms with E-state index in [2.05, 4.69) is 0 Å². The quantitative estimate of drug-likeness (QED) is 0.614. The number of Topliss-reactive ketones (excluding diaryl/α,β-unsaturated/α-hetero) is 1. The van der Waals surface area contributed by atoms with Gasteiger partial charge in [-0.15, -0.1) is 0 Å². The van der Waals surface area contributed by atoms with E-state index >= 15 is 0 Å². The molecule has 2 unspecified atom stereocenters. The second-order valence-electron chi connectivity index (χ2n) is 7.95. The molecular formula is C25H26N2O3. The van der Waals surface area contributed by atoms with Gasteiger partial charge in [-0.25, -0.2) is 0 Å². The second kappa shape index (κ2) is 7.82. The highest BCUT2D eigenvalue weighted by Crippen LogP contribution is 2.48. The molecule has 0 radical (unpaired) electrons. The number of carbonyl (C=O) groups excluding carboxylic acids is 2. The van der Waals surface area contributed by atoms with E-state index in [1.165, 1.54) is 0 Å². The maximum Gasteiger partial charge on any atom is 0.162 e. The standard InChI is InChI=1S/C25H26N2O3/c1-15-20(14-28)24(16-7-6-8-18(26)11-16)25-21(27(15)2)12-17(13-22(25)29)19-9-4-5-10-23(19)30-3/h4-11,14,17,24H,12-13,26H2,1-3H3. The minimum atomic E-state index is -0.386. The van der Waals surface area contributed by atoms with Gasteiger partial charge in [-0.1, -0.05) is 30.3 Å². The largest absolute Gasteiger partial charge is 0.496 e. The molecule has 2 aliphatic rings. The molecule has 0 spiro atoms. The summed E-state index contributed by atoms with van der Waals surface area (Å²) in [5.41, 5.74) is 11.7. The van der Waals surface area contributed by atoms with Gasteiger partial charge in [0.2, 0.25) is 0 Å². The molecule has 0 aromatic heterocycles. The number of benzene rings is 2. The van der Waals surface area contributed by atoms with Crippen molar-refractivity contribution < 1.29 is 14.3 Å². The van der Waals surface area contributed by atoms with Crippen molar-refractivity contribution in [3.05, 3.63) is 82.2 Å². The highest BCUT2D eigenvalue weighted by atomic mass is 16.5. The molecule has 2 aromatic rings. The molecule has 1 heterocycles. The molecule has 1 aliphatic heterocycles. The Morgan fingerprint density at radius 1 is 1.13 bits per heavy atom. The highest BCUT2D eigenvalue weighted by Gasteiger charge is 2.41. The summed E-state index contributed by atoms with van der Waals surface area (Å²) in [5, 5.41) is 0. The Kier molecular flexibility index (Phi) is 5.20. The minimum Gasteiger partial charge on any atom is -0.496 e. The lowest BCUT2D eigenvalue weighted by Crippen LogP contribution is -2.35. The van der Waals surface area contributed by atoms with Crippen LogP contribution in [0, 0.1) is 0 Å². The Hall–Kier alpha value is -3.34. The van der Waals surface area contributed by atoms with E-state index in [0.717, 1.165) is 34.6 Å². The first-order valence-corrected chi connectivity index (χ1v) is 10.1. The van der Waals surface area contributed by atoms with Crippen LogP contribution in [0.4, 0.5) is 5.69 Å². The Bertz CT molecular complexity index is 1080. The third-order valence-corrected chi connectivity index (χ3v) is 6.36. The van der Waals surface area contributed by atoms with Gasteiger partial charge in [-0.2, -0.15) is 0 Å². The van der Waals surface area contributed by atoms with Crippen LogP contribution in [0.5, 0.6) is 5.75 Å². The number of para-hydroxylation sites is 1. The van der Waals surface area contributed by atoms with Crippen LogP contribution in [0.3, 0.4) is 0 Å². The molecule has 1 aliphatic carbocycles. The molecule has 0 saturated heterocycles. The SMILES string of the molecule is COc1ccccc1C1CC(=O)C2=C(C1)N(C)C(C)=C(C=O)C2c1cccc(N)c1. The van der Waals surface area contributed by atoms with Crippen LogP contribution in [-0.2, 0) is 9.59 Å². The number of nitrogen functional groups attached to an aromatic ring is 1. The summed E-state index contributed by atoms with van der Waals surface area (Å²) < 4.78 is 5.55. The number of nitrogens with two attached hydrogens (primary N) is 1. The molecule has 5 heteroatoms. The van der Waals surface area contributed by atoms with Gasteiger partial charge in [0.1, 0.15) is 12.0 Å². The second-order valence-corrected chi connectivity index (χ2v) is 7.95. The molecule has 0 fully saturated rings. The Morgan fingerprint density at radius 2 is 1.90 bits per heavy atom. The fraction of sp³-hybridized carbons (Fsp3) is 0.280. The van der Waals surface area contributed by atoms with Gasteiger partial charge < -0.3 is 15.4 Å². The normalized spacial score (nSPS) is 21.6. The number of hydrogen-bond donors (Lipinski definition) is 1. The smallest absolute Gasteiger partial charge is 0.162 e. The van der Waals surface area contributed by atoms with E-state index in [9.17, 15) is 9.59 Å². The number of ketones is 1. The minimum absolute atomic E-state index is 0.0296. The summed E-state index contributed by atoms with van der Waals surface area (Å²) in [6, 6.07) is 15.3. The van der Waals surface area contributed by atoms with Crippen molar-refractivity contribution in [1.82, 2.24) is 4.90 Å². The molecule has 0 bridgehead atoms. The number of anilines is 1. The molecule has 2 N–H and O–H groups in total. The number of rotatable bonds is 4. The van der Waals surface area contributed by atoms with Gasteiger partial charge in [0.25, 0.3) is 0 Å². The predicted octanol–water partition coefficient (Wildman–Crippen LogP) is 4.18. The molecule has 0 amide bonds. The monoisotopic (exact) mass is 402 g/mol. The maximum atomic E-state index is 13.5. The number of carbonyl (C=O) groups is 2. The van der Waals surface area contributed by atoms with E-state index in [1.807, 2.05) is 67.4 Å². The molecular weight excluding hydrogens is 376 g/mol. The highest BCUT2D eigenvalue weighted by molar-refractivity contribution is 6.02. The summed E-state index contributed by atoms with van der Waals surface area (Å²) in [6.45, 7) is 1.93. The zero-order valence-electron chi connectivity index (χ0n) is 17.5. The van der Waals surface area contributed by atoms with Crippen LogP contribution in [0.1, 0.15) is 42.7 Å². The average Bonchev–Trinajstić information content (AvgIpc) is 2.76. The zero-order valence-corrected chi connectivity index (χ0v) is 17.5. The number of ether oxygens (including phenoxy) is 1. The molecule has 2 aromatic carbocycles. The van der Waals surface area contributed by atoms with Crippen molar-refractivity contribution >= 4 is 17.8 Å². The first-order chi connectivity index (χ1) is 14.5. The van der Waals surface area contributed by atoms with Gasteiger partial charge in [-0.3, -0.25) is 9.59 Å². The number of methoxy groups -OCH3 is 1. The van der Waals surface area contributed by atoms with Gasteiger partial charge in [0.15, 0.2) is 5.78 Å². The first kappa shape index (κ1) is 20.0. The van der Waals surface area contributed by atoms with E-state index in [0.29, 0.717) is 29.7 Å². The van der Waals surface area contributed by atoms with Gasteiger partial charge in [0, 0.05) is 53.5 Å². The van der Waals surface area contributed by atoms with E-state index in [1.54, 1.807) is 7.11 Å². The van der Waals surface area contributed by atoms with Crippen molar-refractivity contribution in [3.63, 3.8) is 0 Å². The van der Waals surface area contributed by atoms with Crippen molar-refractivity contribution in [2.75, 3.05) is 19.9 Å². The molecule has 154 valence electrons. The number of aldehydes is 1. The van der Waals surface area contributed by atoms with Crippen LogP contribution >= 0.6 is 0 Å². The zero-order chi connectivity index (χ0) is 21.4. The van der Waals surface area contributed by atoms with Crippen molar-refractivity contribution in [3.8, 4) is 5.75 Å². The lowest BCUT2D eigenvalue weighted by molar-refractivity contribution is -0.116.